The molecule has 2 aliphatic rings. The van der Waals surface area contributed by atoms with Gasteiger partial charge in [0.15, 0.2) is 6.54 Å². The second-order valence-corrected chi connectivity index (χ2v) is 20.7. The lowest BCUT2D eigenvalue weighted by Crippen LogP contribution is -2.29. The normalized spacial score (nSPS) is 12.5. The van der Waals surface area contributed by atoms with Crippen LogP contribution in [0.2, 0.25) is 0 Å². The maximum absolute atomic E-state index is 13.0. The number of aryl methyl sites for hydroxylation is 4. The van der Waals surface area contributed by atoms with E-state index in [1.165, 1.54) is 23.1 Å². The van der Waals surface area contributed by atoms with Gasteiger partial charge in [-0.1, -0.05) is 72.8 Å². The molecular weight excluding hydrogens is 881 g/mol. The lowest BCUT2D eigenvalue weighted by Gasteiger charge is -2.29. The molecule has 0 bridgehead atoms. The summed E-state index contributed by atoms with van der Waals surface area (Å²) in [5.41, 5.74) is 8.32. The minimum Gasteiger partial charge on any atom is -0.456 e. The number of para-hydroxylation sites is 1. The maximum atomic E-state index is 13.0. The first-order valence-electron chi connectivity index (χ1n) is 20.6. The van der Waals surface area contributed by atoms with Crippen LogP contribution >= 0.6 is 23.5 Å². The quantitative estimate of drug-likeness (QED) is 0.0471. The number of fused-ring (bicyclic) bond motifs is 2. The van der Waals surface area contributed by atoms with Gasteiger partial charge in [-0.2, -0.15) is 21.4 Å². The Morgan fingerprint density at radius 2 is 1.20 bits per heavy atom. The summed E-state index contributed by atoms with van der Waals surface area (Å²) in [7, 11) is -9.10. The SMILES string of the molecule is Cc1cccc(C)c1N(CCSc1ccccc1)c1ccc2c(-c3ccccc3S(=O)(=O)O)c3ccc(=[N+](CCSc4ccccc4)c4c(C)cc(S(=O)(=O)O)cc4C)cc-3oc2c1. The summed E-state index contributed by atoms with van der Waals surface area (Å²) >= 11 is 3.46. The highest BCUT2D eigenvalue weighted by atomic mass is 32.2. The monoisotopic (exact) mass is 927 g/mol. The summed E-state index contributed by atoms with van der Waals surface area (Å²) < 4.78 is 80.0. The van der Waals surface area contributed by atoms with Gasteiger partial charge in [0.25, 0.3) is 20.2 Å². The highest BCUT2D eigenvalue weighted by Gasteiger charge is 2.27. The summed E-state index contributed by atoms with van der Waals surface area (Å²) in [4.78, 5) is 4.17. The molecule has 0 radical (unpaired) electrons. The zero-order valence-electron chi connectivity index (χ0n) is 35.7. The highest BCUT2D eigenvalue weighted by Crippen LogP contribution is 2.44. The molecule has 0 amide bonds. The first-order chi connectivity index (χ1) is 30.7. The first kappa shape index (κ1) is 44.9. The van der Waals surface area contributed by atoms with Crippen LogP contribution in [0, 0.1) is 27.7 Å². The average molecular weight is 928 g/mol. The molecule has 1 heterocycles. The number of hydrogen-bond acceptors (Lipinski definition) is 8. The molecule has 0 saturated heterocycles. The average Bonchev–Trinajstić information content (AvgIpc) is 3.26. The Morgan fingerprint density at radius 1 is 0.594 bits per heavy atom. The van der Waals surface area contributed by atoms with E-state index in [9.17, 15) is 25.9 Å². The van der Waals surface area contributed by atoms with Crippen molar-refractivity contribution in [2.75, 3.05) is 29.5 Å². The van der Waals surface area contributed by atoms with Crippen molar-refractivity contribution in [2.45, 2.75) is 47.3 Å². The molecule has 0 aromatic heterocycles. The van der Waals surface area contributed by atoms with Gasteiger partial charge in [0.05, 0.1) is 16.7 Å². The van der Waals surface area contributed by atoms with Crippen LogP contribution in [0.25, 0.3) is 33.4 Å². The third kappa shape index (κ3) is 9.70. The molecule has 0 unspecified atom stereocenters. The Balaban J connectivity index is 1.37. The van der Waals surface area contributed by atoms with Gasteiger partial charge in [0.2, 0.25) is 11.0 Å². The van der Waals surface area contributed by atoms with E-state index in [-0.39, 0.29) is 9.79 Å². The van der Waals surface area contributed by atoms with Crippen LogP contribution in [0.15, 0.2) is 176 Å². The first-order valence-corrected chi connectivity index (χ1v) is 25.5. The highest BCUT2D eigenvalue weighted by molar-refractivity contribution is 7.99. The largest absolute Gasteiger partial charge is 0.456 e. The van der Waals surface area contributed by atoms with Gasteiger partial charge in [-0.15, -0.1) is 23.5 Å². The van der Waals surface area contributed by atoms with Gasteiger partial charge < -0.3 is 9.32 Å². The van der Waals surface area contributed by atoms with Crippen molar-refractivity contribution in [1.29, 1.82) is 0 Å². The van der Waals surface area contributed by atoms with Crippen molar-refractivity contribution in [2.24, 2.45) is 0 Å². The Bertz CT molecular complexity index is 3240. The van der Waals surface area contributed by atoms with Crippen molar-refractivity contribution < 1.29 is 30.4 Å². The number of nitrogens with zero attached hydrogens (tertiary/aromatic N) is 2. The van der Waals surface area contributed by atoms with Crippen LogP contribution in [0.5, 0.6) is 0 Å². The van der Waals surface area contributed by atoms with Crippen LogP contribution in [0.4, 0.5) is 17.1 Å². The molecule has 0 saturated carbocycles. The van der Waals surface area contributed by atoms with Crippen molar-refractivity contribution in [3.05, 3.63) is 179 Å². The topological polar surface area (TPSA) is 128 Å². The maximum Gasteiger partial charge on any atom is 0.295 e. The number of thioether (sulfide) groups is 2. The molecular formula is C51H47N2O7S4+. The molecule has 1 aliphatic heterocycles. The second-order valence-electron chi connectivity index (χ2n) is 15.6. The minimum atomic E-state index is -4.65. The van der Waals surface area contributed by atoms with E-state index in [0.29, 0.717) is 63.4 Å². The summed E-state index contributed by atoms with van der Waals surface area (Å²) in [6, 6.07) is 47.7. The molecule has 0 atom stereocenters. The molecule has 0 fully saturated rings. The zero-order valence-corrected chi connectivity index (χ0v) is 39.0. The molecule has 1 aliphatic carbocycles. The number of anilines is 2. The molecule has 0 spiro atoms. The van der Waals surface area contributed by atoms with Gasteiger partial charge in [-0.25, -0.2) is 0 Å². The predicted molar refractivity (Wildman–Crippen MR) is 261 cm³/mol. The standard InChI is InChI=1S/C51H46N2O7S4/c1-34-14-13-15-35(2)50(34)52(26-28-61-40-16-7-5-8-17-40)38-22-24-43-46(32-38)60-47-33-39(23-25-44(47)49(43)45-20-11-12-21-48(45)64(57,58)59)53(27-29-62-41-18-9-6-10-19-41)51-36(3)30-42(31-37(51)4)63(54,55)56/h5-25,30-33H,26-29H2,1-4H3,(H-,54,55,56,57,58,59)/p+1. The molecule has 13 heteroatoms. The van der Waals surface area contributed by atoms with E-state index in [4.69, 9.17) is 4.42 Å². The van der Waals surface area contributed by atoms with Crippen molar-refractivity contribution in [1.82, 2.24) is 4.58 Å². The van der Waals surface area contributed by atoms with Crippen LogP contribution < -0.4 is 14.8 Å². The van der Waals surface area contributed by atoms with E-state index in [2.05, 4.69) is 65.8 Å². The fraction of sp³-hybridized carbons (Fsp3) is 0.157. The number of benzene rings is 7. The Kier molecular flexibility index (Phi) is 13.2. The third-order valence-electron chi connectivity index (χ3n) is 11.1. The summed E-state index contributed by atoms with van der Waals surface area (Å²) in [5, 5.41) is 1.40. The summed E-state index contributed by atoms with van der Waals surface area (Å²) in [6.07, 6.45) is 0. The summed E-state index contributed by atoms with van der Waals surface area (Å²) in [5.74, 6) is 1.93. The lowest BCUT2D eigenvalue weighted by atomic mass is 9.93. The minimum absolute atomic E-state index is 0.184. The van der Waals surface area contributed by atoms with Crippen molar-refractivity contribution in [3.63, 3.8) is 0 Å². The molecule has 6 aromatic carbocycles. The van der Waals surface area contributed by atoms with Crippen LogP contribution in [-0.4, -0.2) is 50.5 Å². The fourth-order valence-corrected chi connectivity index (χ4v) is 11.5. The Labute approximate surface area is 383 Å². The van der Waals surface area contributed by atoms with Gasteiger partial charge in [-0.05, 0) is 99.5 Å². The molecule has 64 heavy (non-hydrogen) atoms. The molecule has 9 nitrogen and oxygen atoms in total. The third-order valence-corrected chi connectivity index (χ3v) is 14.9. The molecule has 8 rings (SSSR count). The van der Waals surface area contributed by atoms with E-state index in [1.54, 1.807) is 41.7 Å². The molecule has 2 N–H and O–H groups in total. The van der Waals surface area contributed by atoms with E-state index in [1.807, 2.05) is 86.6 Å². The van der Waals surface area contributed by atoms with E-state index >= 15 is 0 Å². The van der Waals surface area contributed by atoms with Gasteiger partial charge in [-0.3, -0.25) is 9.11 Å². The van der Waals surface area contributed by atoms with Gasteiger partial charge in [0.1, 0.15) is 16.2 Å². The van der Waals surface area contributed by atoms with Crippen molar-refractivity contribution in [3.8, 4) is 22.5 Å². The lowest BCUT2D eigenvalue weighted by molar-refractivity contribution is 0.481. The second kappa shape index (κ2) is 18.8. The van der Waals surface area contributed by atoms with Crippen LogP contribution in [0.3, 0.4) is 0 Å². The molecule has 6 aromatic rings. The summed E-state index contributed by atoms with van der Waals surface area (Å²) in [6.45, 7) is 9.04. The van der Waals surface area contributed by atoms with Gasteiger partial charge >= 0.3 is 0 Å². The Hall–Kier alpha value is -5.67. The van der Waals surface area contributed by atoms with Gasteiger partial charge in [0, 0.05) is 78.8 Å². The predicted octanol–water partition coefficient (Wildman–Crippen LogP) is 11.8. The van der Waals surface area contributed by atoms with Crippen LogP contribution in [-0.2, 0) is 20.2 Å². The fourth-order valence-electron chi connectivity index (χ4n) is 8.40. The zero-order chi connectivity index (χ0) is 45.2. The molecule has 326 valence electrons. The van der Waals surface area contributed by atoms with E-state index in [0.717, 1.165) is 44.2 Å². The van der Waals surface area contributed by atoms with Crippen molar-refractivity contribution >= 4 is 71.8 Å². The van der Waals surface area contributed by atoms with Crippen LogP contribution in [0.1, 0.15) is 22.3 Å². The van der Waals surface area contributed by atoms with E-state index < -0.39 is 20.2 Å². The Morgan fingerprint density at radius 3 is 1.83 bits per heavy atom. The number of rotatable bonds is 14. The smallest absolute Gasteiger partial charge is 0.295 e. The number of hydrogen-bond donors (Lipinski definition) is 2.